The van der Waals surface area contributed by atoms with Crippen molar-refractivity contribution in [2.24, 2.45) is 10.8 Å². The van der Waals surface area contributed by atoms with Crippen LogP contribution in [-0.4, -0.2) is 16.3 Å². The maximum Gasteiger partial charge on any atom is 0.184 e. The number of nitrogens with two attached hydrogens (primary N) is 1. The molecule has 0 aliphatic heterocycles. The van der Waals surface area contributed by atoms with Crippen molar-refractivity contribution < 1.29 is 4.42 Å². The van der Waals surface area contributed by atoms with Gasteiger partial charge in [-0.25, -0.2) is 4.98 Å². The minimum Gasteiger partial charge on any atom is -0.448 e. The number of rotatable bonds is 4. The van der Waals surface area contributed by atoms with Crippen molar-refractivity contribution in [3.63, 3.8) is 0 Å². The van der Waals surface area contributed by atoms with Gasteiger partial charge in [0, 0.05) is 6.20 Å². The van der Waals surface area contributed by atoms with Crippen LogP contribution in [0.25, 0.3) is 0 Å². The molecule has 0 radical (unpaired) electrons. The molecule has 5 nitrogen and oxygen atoms in total. The highest BCUT2D eigenvalue weighted by Gasteiger charge is 2.03. The molecular formula is C11H10N4OS2. The smallest absolute Gasteiger partial charge is 0.184 e. The van der Waals surface area contributed by atoms with Gasteiger partial charge < -0.3 is 10.2 Å². The highest BCUT2D eigenvalue weighted by Crippen LogP contribution is 2.26. The predicted molar refractivity (Wildman–Crippen MR) is 74.6 cm³/mol. The van der Waals surface area contributed by atoms with Crippen LogP contribution in [0.1, 0.15) is 5.76 Å². The standard InChI is InChI=1S/C11H10N4OS2/c12-11(17)15-14-7-8-4-5-10(16-8)18-9-3-1-2-6-13-9/h1-7H,(H3,12,15,17)/b14-7+. The van der Waals surface area contributed by atoms with Crippen LogP contribution in [0.15, 0.2) is 56.2 Å². The van der Waals surface area contributed by atoms with Crippen LogP contribution in [0.3, 0.4) is 0 Å². The molecule has 7 heteroatoms. The van der Waals surface area contributed by atoms with E-state index in [1.165, 1.54) is 18.0 Å². The zero-order chi connectivity index (χ0) is 12.8. The molecule has 0 unspecified atom stereocenters. The zero-order valence-electron chi connectivity index (χ0n) is 9.24. The molecule has 0 spiro atoms. The first-order valence-corrected chi connectivity index (χ1v) is 6.24. The summed E-state index contributed by atoms with van der Waals surface area (Å²) in [6.45, 7) is 0. The summed E-state index contributed by atoms with van der Waals surface area (Å²) in [4.78, 5) is 4.19. The van der Waals surface area contributed by atoms with Crippen LogP contribution in [0.5, 0.6) is 0 Å². The lowest BCUT2D eigenvalue weighted by Gasteiger charge is -1.95. The molecule has 18 heavy (non-hydrogen) atoms. The third-order valence-corrected chi connectivity index (χ3v) is 2.77. The van der Waals surface area contributed by atoms with Gasteiger partial charge in [0.15, 0.2) is 10.2 Å². The fourth-order valence-electron chi connectivity index (χ4n) is 1.13. The Hall–Kier alpha value is -1.86. The molecule has 2 rings (SSSR count). The number of aromatic nitrogens is 1. The Balaban J connectivity index is 1.98. The van der Waals surface area contributed by atoms with E-state index in [2.05, 4.69) is 27.7 Å². The molecule has 0 fully saturated rings. The summed E-state index contributed by atoms with van der Waals surface area (Å²) in [5.74, 6) is 0.609. The molecule has 2 aromatic heterocycles. The number of hydrazone groups is 1. The molecule has 0 saturated heterocycles. The average Bonchev–Trinajstić information content (AvgIpc) is 2.78. The van der Waals surface area contributed by atoms with E-state index in [0.29, 0.717) is 5.76 Å². The summed E-state index contributed by atoms with van der Waals surface area (Å²) in [7, 11) is 0. The number of furan rings is 1. The normalized spacial score (nSPS) is 10.7. The summed E-state index contributed by atoms with van der Waals surface area (Å²) in [6.07, 6.45) is 3.24. The van der Waals surface area contributed by atoms with E-state index >= 15 is 0 Å². The molecule has 3 N–H and O–H groups in total. The van der Waals surface area contributed by atoms with E-state index < -0.39 is 0 Å². The van der Waals surface area contributed by atoms with Gasteiger partial charge in [0.05, 0.1) is 6.21 Å². The molecule has 0 amide bonds. The second-order valence-corrected chi connectivity index (χ2v) is 4.63. The number of nitrogens with one attached hydrogen (secondary N) is 1. The van der Waals surface area contributed by atoms with Gasteiger partial charge >= 0.3 is 0 Å². The third-order valence-electron chi connectivity index (χ3n) is 1.81. The van der Waals surface area contributed by atoms with Crippen LogP contribution in [0.4, 0.5) is 0 Å². The fourth-order valence-corrected chi connectivity index (χ4v) is 1.92. The van der Waals surface area contributed by atoms with E-state index in [1.807, 2.05) is 24.3 Å². The van der Waals surface area contributed by atoms with Crippen molar-refractivity contribution >= 4 is 35.3 Å². The van der Waals surface area contributed by atoms with E-state index in [9.17, 15) is 0 Å². The highest BCUT2D eigenvalue weighted by atomic mass is 32.2. The number of hydrogen-bond acceptors (Lipinski definition) is 5. The van der Waals surface area contributed by atoms with Crippen LogP contribution < -0.4 is 11.2 Å². The number of pyridine rings is 1. The monoisotopic (exact) mass is 278 g/mol. The Kier molecular flexibility index (Phi) is 4.32. The molecule has 0 aromatic carbocycles. The van der Waals surface area contributed by atoms with Crippen LogP contribution >= 0.6 is 24.0 Å². The number of nitrogens with zero attached hydrogens (tertiary/aromatic N) is 2. The molecule has 92 valence electrons. The average molecular weight is 278 g/mol. The summed E-state index contributed by atoms with van der Waals surface area (Å²) in [5.41, 5.74) is 7.68. The molecular weight excluding hydrogens is 268 g/mol. The second-order valence-electron chi connectivity index (χ2n) is 3.16. The molecule has 2 aromatic rings. The summed E-state index contributed by atoms with van der Waals surface area (Å²) in [5, 5.41) is 5.53. The number of thiocarbonyl (C=S) groups is 1. The van der Waals surface area contributed by atoms with Gasteiger partial charge in [0.2, 0.25) is 0 Å². The first-order chi connectivity index (χ1) is 8.74. The van der Waals surface area contributed by atoms with E-state index in [1.54, 1.807) is 12.3 Å². The first kappa shape index (κ1) is 12.6. The maximum absolute atomic E-state index is 5.52. The molecule has 0 atom stereocenters. The zero-order valence-corrected chi connectivity index (χ0v) is 10.9. The third kappa shape index (κ3) is 3.86. The number of hydrogen-bond donors (Lipinski definition) is 2. The lowest BCUT2D eigenvalue weighted by molar-refractivity contribution is 0.468. The van der Waals surface area contributed by atoms with Crippen LogP contribution in [0.2, 0.25) is 0 Å². The van der Waals surface area contributed by atoms with Gasteiger partial charge in [-0.1, -0.05) is 6.07 Å². The summed E-state index contributed by atoms with van der Waals surface area (Å²) >= 11 is 6.05. The maximum atomic E-state index is 5.52. The Labute approximate surface area is 113 Å². The molecule has 0 aliphatic carbocycles. The van der Waals surface area contributed by atoms with Crippen LogP contribution in [0, 0.1) is 0 Å². The van der Waals surface area contributed by atoms with Gasteiger partial charge in [-0.05, 0) is 48.2 Å². The highest BCUT2D eigenvalue weighted by molar-refractivity contribution is 7.99. The van der Waals surface area contributed by atoms with E-state index in [-0.39, 0.29) is 5.11 Å². The van der Waals surface area contributed by atoms with E-state index in [0.717, 1.165) is 10.1 Å². The minimum absolute atomic E-state index is 0.112. The molecule has 0 bridgehead atoms. The first-order valence-electron chi connectivity index (χ1n) is 5.01. The van der Waals surface area contributed by atoms with Gasteiger partial charge in [-0.15, -0.1) is 0 Å². The van der Waals surface area contributed by atoms with Crippen molar-refractivity contribution in [1.29, 1.82) is 0 Å². The van der Waals surface area contributed by atoms with Crippen molar-refractivity contribution in [1.82, 2.24) is 10.4 Å². The van der Waals surface area contributed by atoms with Crippen molar-refractivity contribution in [3.8, 4) is 0 Å². The van der Waals surface area contributed by atoms with E-state index in [4.69, 9.17) is 10.2 Å². The lowest BCUT2D eigenvalue weighted by atomic mass is 10.5. The fraction of sp³-hybridized carbons (Fsp3) is 0. The Morgan fingerprint density at radius 1 is 1.44 bits per heavy atom. The topological polar surface area (TPSA) is 76.4 Å². The lowest BCUT2D eigenvalue weighted by Crippen LogP contribution is -2.23. The van der Waals surface area contributed by atoms with Crippen LogP contribution in [-0.2, 0) is 0 Å². The minimum atomic E-state index is 0.112. The van der Waals surface area contributed by atoms with Gasteiger partial charge in [0.1, 0.15) is 10.8 Å². The van der Waals surface area contributed by atoms with Crippen molar-refractivity contribution in [2.75, 3.05) is 0 Å². The summed E-state index contributed by atoms with van der Waals surface area (Å²) in [6, 6.07) is 9.35. The Bertz CT molecular complexity index is 553. The van der Waals surface area contributed by atoms with Crippen molar-refractivity contribution in [3.05, 3.63) is 42.3 Å². The van der Waals surface area contributed by atoms with Gasteiger partial charge in [-0.2, -0.15) is 5.10 Å². The molecule has 2 heterocycles. The second kappa shape index (κ2) is 6.18. The quantitative estimate of drug-likeness (QED) is 0.506. The Morgan fingerprint density at radius 3 is 3.06 bits per heavy atom. The Morgan fingerprint density at radius 2 is 2.33 bits per heavy atom. The SMILES string of the molecule is NC(=S)N/N=C/c1ccc(Sc2ccccn2)o1. The van der Waals surface area contributed by atoms with Gasteiger partial charge in [-0.3, -0.25) is 5.43 Å². The van der Waals surface area contributed by atoms with Crippen molar-refractivity contribution in [2.45, 2.75) is 10.1 Å². The molecule has 0 aliphatic rings. The predicted octanol–water partition coefficient (Wildman–Crippen LogP) is 1.99. The molecule has 0 saturated carbocycles. The van der Waals surface area contributed by atoms with Gasteiger partial charge in [0.25, 0.3) is 0 Å². The largest absolute Gasteiger partial charge is 0.448 e. The summed E-state index contributed by atoms with van der Waals surface area (Å²) < 4.78 is 5.52.